The summed E-state index contributed by atoms with van der Waals surface area (Å²) in [6.07, 6.45) is 0. The number of nitrogens with one attached hydrogen (secondary N) is 1. The van der Waals surface area contributed by atoms with E-state index >= 15 is 0 Å². The summed E-state index contributed by atoms with van der Waals surface area (Å²) in [5.41, 5.74) is 2.07. The van der Waals surface area contributed by atoms with Crippen molar-refractivity contribution in [3.8, 4) is 5.69 Å². The number of fused-ring (bicyclic) bond motifs is 1. The lowest BCUT2D eigenvalue weighted by atomic mass is 10.1. The molecule has 3 aromatic rings. The number of carbonyl (C=O) groups is 1. The van der Waals surface area contributed by atoms with Crippen LogP contribution in [0.3, 0.4) is 0 Å². The highest BCUT2D eigenvalue weighted by Crippen LogP contribution is 2.36. The molecule has 0 unspecified atom stereocenters. The lowest BCUT2D eigenvalue weighted by Crippen LogP contribution is -2.17. The van der Waals surface area contributed by atoms with Crippen LogP contribution in [-0.4, -0.2) is 20.6 Å². The fourth-order valence-electron chi connectivity index (χ4n) is 2.93. The summed E-state index contributed by atoms with van der Waals surface area (Å²) in [5, 5.41) is 19.5. The second-order valence-electron chi connectivity index (χ2n) is 6.03. The zero-order valence-corrected chi connectivity index (χ0v) is 16.5. The van der Waals surface area contributed by atoms with E-state index in [-0.39, 0.29) is 16.3 Å². The van der Waals surface area contributed by atoms with E-state index in [0.717, 1.165) is 22.7 Å². The number of benzene rings is 2. The van der Waals surface area contributed by atoms with Crippen LogP contribution < -0.4 is 5.32 Å². The van der Waals surface area contributed by atoms with Crippen molar-refractivity contribution in [2.75, 3.05) is 5.32 Å². The third kappa shape index (κ3) is 3.46. The SMILES string of the molecule is O=C(Nc1c2c(nn1-c1ccc(Cl)cc1)CSC2)c1cc(Cl)ccc1[N+](=O)[O-]. The van der Waals surface area contributed by atoms with E-state index in [1.807, 2.05) is 0 Å². The zero-order valence-electron chi connectivity index (χ0n) is 14.2. The van der Waals surface area contributed by atoms with Gasteiger partial charge in [-0.2, -0.15) is 16.9 Å². The van der Waals surface area contributed by atoms with Gasteiger partial charge in [0.2, 0.25) is 0 Å². The Morgan fingerprint density at radius 1 is 1.14 bits per heavy atom. The molecule has 7 nitrogen and oxygen atoms in total. The van der Waals surface area contributed by atoms with Crippen molar-refractivity contribution in [1.29, 1.82) is 0 Å². The molecule has 0 bridgehead atoms. The van der Waals surface area contributed by atoms with Gasteiger partial charge in [-0.3, -0.25) is 14.9 Å². The van der Waals surface area contributed by atoms with Crippen molar-refractivity contribution in [1.82, 2.24) is 9.78 Å². The summed E-state index contributed by atoms with van der Waals surface area (Å²) in [7, 11) is 0. The van der Waals surface area contributed by atoms with Crippen LogP contribution in [0.2, 0.25) is 10.0 Å². The molecule has 1 aliphatic rings. The van der Waals surface area contributed by atoms with Crippen LogP contribution in [0.5, 0.6) is 0 Å². The first-order chi connectivity index (χ1) is 13.4. The second kappa shape index (κ2) is 7.46. The van der Waals surface area contributed by atoms with E-state index in [4.69, 9.17) is 23.2 Å². The van der Waals surface area contributed by atoms with E-state index in [2.05, 4.69) is 10.4 Å². The number of aromatic nitrogens is 2. The predicted molar refractivity (Wildman–Crippen MR) is 110 cm³/mol. The third-order valence-electron chi connectivity index (χ3n) is 4.25. The number of rotatable bonds is 4. The van der Waals surface area contributed by atoms with Crippen LogP contribution in [0, 0.1) is 10.1 Å². The highest BCUT2D eigenvalue weighted by Gasteiger charge is 2.27. The third-order valence-corrected chi connectivity index (χ3v) is 5.71. The van der Waals surface area contributed by atoms with Gasteiger partial charge in [-0.25, -0.2) is 4.68 Å². The Labute approximate surface area is 173 Å². The van der Waals surface area contributed by atoms with E-state index in [0.29, 0.717) is 16.6 Å². The largest absolute Gasteiger partial charge is 0.306 e. The van der Waals surface area contributed by atoms with E-state index in [9.17, 15) is 14.9 Å². The Bertz CT molecular complexity index is 1100. The lowest BCUT2D eigenvalue weighted by Gasteiger charge is -2.11. The summed E-state index contributed by atoms with van der Waals surface area (Å²) in [5.74, 6) is 1.29. The maximum atomic E-state index is 12.9. The molecule has 1 N–H and O–H groups in total. The molecular weight excluding hydrogens is 423 g/mol. The monoisotopic (exact) mass is 434 g/mol. The molecule has 28 heavy (non-hydrogen) atoms. The van der Waals surface area contributed by atoms with Gasteiger partial charge < -0.3 is 5.32 Å². The molecule has 0 spiro atoms. The molecule has 1 amide bonds. The van der Waals surface area contributed by atoms with Crippen molar-refractivity contribution >= 4 is 52.4 Å². The molecule has 1 aliphatic heterocycles. The standard InChI is InChI=1S/C18H12Cl2N4O3S/c19-10-1-4-12(5-2-10)23-17(14-8-28-9-15(14)22-23)21-18(25)13-7-11(20)3-6-16(13)24(26)27/h1-7H,8-9H2,(H,21,25). The second-order valence-corrected chi connectivity index (χ2v) is 7.89. The smallest absolute Gasteiger partial charge is 0.282 e. The minimum atomic E-state index is -0.621. The average Bonchev–Trinajstić information content (AvgIpc) is 3.24. The van der Waals surface area contributed by atoms with Gasteiger partial charge in [0, 0.05) is 33.2 Å². The number of thioether (sulfide) groups is 1. The van der Waals surface area contributed by atoms with E-state index < -0.39 is 10.8 Å². The molecule has 0 atom stereocenters. The molecular formula is C18H12Cl2N4O3S. The Kier molecular flexibility index (Phi) is 5.01. The predicted octanol–water partition coefficient (Wildman–Crippen LogP) is 5.09. The van der Waals surface area contributed by atoms with Crippen molar-refractivity contribution in [2.45, 2.75) is 11.5 Å². The normalized spacial score (nSPS) is 12.6. The maximum absolute atomic E-state index is 12.9. The first-order valence-corrected chi connectivity index (χ1v) is 10.0. The number of nitro benzene ring substituents is 1. The van der Waals surface area contributed by atoms with Gasteiger partial charge in [0.1, 0.15) is 11.4 Å². The molecule has 1 aromatic heterocycles. The lowest BCUT2D eigenvalue weighted by molar-refractivity contribution is -0.385. The Morgan fingerprint density at radius 3 is 2.57 bits per heavy atom. The topological polar surface area (TPSA) is 90.1 Å². The number of nitrogens with zero attached hydrogens (tertiary/aromatic N) is 3. The molecule has 0 saturated carbocycles. The highest BCUT2D eigenvalue weighted by molar-refractivity contribution is 7.98. The average molecular weight is 435 g/mol. The first-order valence-electron chi connectivity index (χ1n) is 8.14. The van der Waals surface area contributed by atoms with E-state index in [1.165, 1.54) is 18.2 Å². The molecule has 2 aromatic carbocycles. The van der Waals surface area contributed by atoms with Crippen LogP contribution in [0.25, 0.3) is 5.69 Å². The molecule has 2 heterocycles. The Morgan fingerprint density at radius 2 is 1.86 bits per heavy atom. The molecule has 142 valence electrons. The Balaban J connectivity index is 1.76. The minimum Gasteiger partial charge on any atom is -0.306 e. The number of amides is 1. The highest BCUT2D eigenvalue weighted by atomic mass is 35.5. The van der Waals surface area contributed by atoms with Crippen LogP contribution in [0.1, 0.15) is 21.6 Å². The van der Waals surface area contributed by atoms with Gasteiger partial charge in [-0.1, -0.05) is 23.2 Å². The van der Waals surface area contributed by atoms with Gasteiger partial charge >= 0.3 is 0 Å². The number of nitro groups is 1. The first kappa shape index (κ1) is 18.8. The fraction of sp³-hybridized carbons (Fsp3) is 0.111. The molecule has 0 saturated heterocycles. The zero-order chi connectivity index (χ0) is 19.8. The van der Waals surface area contributed by atoms with Gasteiger partial charge in [-0.05, 0) is 36.4 Å². The summed E-state index contributed by atoms with van der Waals surface area (Å²) < 4.78 is 1.62. The van der Waals surface area contributed by atoms with Gasteiger partial charge in [0.15, 0.2) is 0 Å². The number of hydrogen-bond donors (Lipinski definition) is 1. The summed E-state index contributed by atoms with van der Waals surface area (Å²) in [6, 6.07) is 10.9. The van der Waals surface area contributed by atoms with Crippen LogP contribution in [-0.2, 0) is 11.5 Å². The molecule has 0 aliphatic carbocycles. The Hall–Kier alpha value is -2.55. The summed E-state index contributed by atoms with van der Waals surface area (Å²) in [6.45, 7) is 0. The van der Waals surface area contributed by atoms with Crippen LogP contribution in [0.15, 0.2) is 42.5 Å². The van der Waals surface area contributed by atoms with Gasteiger partial charge in [-0.15, -0.1) is 0 Å². The van der Waals surface area contributed by atoms with E-state index in [1.54, 1.807) is 40.7 Å². The summed E-state index contributed by atoms with van der Waals surface area (Å²) >= 11 is 13.6. The number of halogens is 2. The minimum absolute atomic E-state index is 0.110. The van der Waals surface area contributed by atoms with Crippen molar-refractivity contribution in [3.05, 3.63) is 79.4 Å². The van der Waals surface area contributed by atoms with Crippen molar-refractivity contribution in [3.63, 3.8) is 0 Å². The molecule has 0 radical (unpaired) electrons. The number of hydrogen-bond acceptors (Lipinski definition) is 5. The van der Waals surface area contributed by atoms with Crippen LogP contribution in [0.4, 0.5) is 11.5 Å². The van der Waals surface area contributed by atoms with Gasteiger partial charge in [0.05, 0.1) is 16.3 Å². The maximum Gasteiger partial charge on any atom is 0.282 e. The van der Waals surface area contributed by atoms with Crippen molar-refractivity contribution < 1.29 is 9.72 Å². The molecule has 4 rings (SSSR count). The number of carbonyl (C=O) groups excluding carboxylic acids is 1. The fourth-order valence-corrected chi connectivity index (χ4v) is 4.27. The van der Waals surface area contributed by atoms with Crippen LogP contribution >= 0.6 is 35.0 Å². The summed E-state index contributed by atoms with van der Waals surface area (Å²) in [4.78, 5) is 23.6. The molecule has 10 heteroatoms. The quantitative estimate of drug-likeness (QED) is 0.456. The van der Waals surface area contributed by atoms with Crippen molar-refractivity contribution in [2.24, 2.45) is 0 Å². The number of anilines is 1. The van der Waals surface area contributed by atoms with Gasteiger partial charge in [0.25, 0.3) is 11.6 Å². The molecule has 0 fully saturated rings.